The van der Waals surface area contributed by atoms with Crippen molar-refractivity contribution >= 4 is 22.4 Å². The van der Waals surface area contributed by atoms with Crippen molar-refractivity contribution in [3.63, 3.8) is 0 Å². The van der Waals surface area contributed by atoms with Crippen LogP contribution in [0.2, 0.25) is 0 Å². The van der Waals surface area contributed by atoms with Crippen LogP contribution in [0.4, 0.5) is 11.4 Å². The molecule has 2 rings (SSSR count). The highest BCUT2D eigenvalue weighted by Gasteiger charge is 2.21. The lowest BCUT2D eigenvalue weighted by molar-refractivity contribution is -0.383. The molecule has 10 nitrogen and oxygen atoms in total. The number of aliphatic hydroxyl groups excluding tert-OH is 1. The molecule has 10 heteroatoms. The molecular formula is C20H33N5O5. The fourth-order valence-electron chi connectivity index (χ4n) is 3.24. The molecule has 1 heterocycles. The SMILES string of the molecule is CCCCCCCCCCC(Nc1ccc([N+](=O)[O-])c2nonc12)OC[C@@H](N)CO. The van der Waals surface area contributed by atoms with Crippen molar-refractivity contribution in [2.45, 2.75) is 77.0 Å². The monoisotopic (exact) mass is 423 g/mol. The van der Waals surface area contributed by atoms with Crippen LogP contribution in [0.3, 0.4) is 0 Å². The number of non-ortho nitro benzene ring substituents is 1. The molecule has 168 valence electrons. The number of rotatable bonds is 16. The van der Waals surface area contributed by atoms with Gasteiger partial charge in [-0.1, -0.05) is 51.9 Å². The molecule has 0 radical (unpaired) electrons. The minimum Gasteiger partial charge on any atom is -0.395 e. The number of aliphatic hydroxyl groups is 1. The molecule has 1 aromatic carbocycles. The molecule has 4 N–H and O–H groups in total. The summed E-state index contributed by atoms with van der Waals surface area (Å²) in [6.45, 7) is 2.24. The molecule has 0 aliphatic rings. The Morgan fingerprint density at radius 3 is 2.50 bits per heavy atom. The lowest BCUT2D eigenvalue weighted by atomic mass is 10.1. The molecule has 0 fully saturated rings. The number of nitrogens with one attached hydrogen (secondary N) is 1. The van der Waals surface area contributed by atoms with Crippen LogP contribution in [0.25, 0.3) is 11.0 Å². The lowest BCUT2D eigenvalue weighted by Crippen LogP contribution is -2.34. The molecule has 0 amide bonds. The van der Waals surface area contributed by atoms with Gasteiger partial charge in [-0.2, -0.15) is 0 Å². The summed E-state index contributed by atoms with van der Waals surface area (Å²) in [4.78, 5) is 10.6. The Balaban J connectivity index is 1.94. The molecule has 0 aliphatic carbocycles. The van der Waals surface area contributed by atoms with Crippen LogP contribution in [-0.2, 0) is 4.74 Å². The van der Waals surface area contributed by atoms with Gasteiger partial charge in [0.1, 0.15) is 6.23 Å². The van der Waals surface area contributed by atoms with Crippen LogP contribution >= 0.6 is 0 Å². The van der Waals surface area contributed by atoms with Gasteiger partial charge in [-0.15, -0.1) is 0 Å². The summed E-state index contributed by atoms with van der Waals surface area (Å²) in [6.07, 6.45) is 9.96. The Hall–Kier alpha value is -2.30. The Kier molecular flexibility index (Phi) is 10.5. The maximum Gasteiger partial charge on any atom is 0.300 e. The van der Waals surface area contributed by atoms with E-state index < -0.39 is 11.0 Å². The average Bonchev–Trinajstić information content (AvgIpc) is 3.23. The van der Waals surface area contributed by atoms with Gasteiger partial charge in [-0.05, 0) is 29.2 Å². The second-order valence-electron chi connectivity index (χ2n) is 7.52. The predicted octanol–water partition coefficient (Wildman–Crippen LogP) is 3.74. The second kappa shape index (κ2) is 13.1. The fraction of sp³-hybridized carbons (Fsp3) is 0.700. The fourth-order valence-corrected chi connectivity index (χ4v) is 3.24. The topological polar surface area (TPSA) is 150 Å². The van der Waals surface area contributed by atoms with E-state index in [4.69, 9.17) is 20.2 Å². The minimum atomic E-state index is -0.523. The highest BCUT2D eigenvalue weighted by molar-refractivity contribution is 5.93. The van der Waals surface area contributed by atoms with Gasteiger partial charge in [-0.3, -0.25) is 10.1 Å². The number of unbranched alkanes of at least 4 members (excludes halogenated alkanes) is 7. The molecule has 1 unspecified atom stereocenters. The number of nitro benzene ring substituents is 1. The zero-order valence-corrected chi connectivity index (χ0v) is 17.6. The highest BCUT2D eigenvalue weighted by Crippen LogP contribution is 2.29. The van der Waals surface area contributed by atoms with Gasteiger partial charge < -0.3 is 20.9 Å². The molecule has 30 heavy (non-hydrogen) atoms. The van der Waals surface area contributed by atoms with Crippen LogP contribution in [0.5, 0.6) is 0 Å². The Labute approximate surface area is 176 Å². The summed E-state index contributed by atoms with van der Waals surface area (Å²) in [5.74, 6) is 0. The van der Waals surface area contributed by atoms with E-state index in [0.29, 0.717) is 5.69 Å². The van der Waals surface area contributed by atoms with Crippen molar-refractivity contribution < 1.29 is 19.4 Å². The van der Waals surface area contributed by atoms with E-state index in [0.717, 1.165) is 19.3 Å². The van der Waals surface area contributed by atoms with Gasteiger partial charge >= 0.3 is 5.69 Å². The molecule has 0 bridgehead atoms. The maximum absolute atomic E-state index is 11.2. The van der Waals surface area contributed by atoms with Gasteiger partial charge in [-0.25, -0.2) is 4.63 Å². The summed E-state index contributed by atoms with van der Waals surface area (Å²) in [6, 6.07) is 2.46. The first-order valence-electron chi connectivity index (χ1n) is 10.7. The van der Waals surface area contributed by atoms with Crippen molar-refractivity contribution in [3.05, 3.63) is 22.2 Å². The largest absolute Gasteiger partial charge is 0.395 e. The van der Waals surface area contributed by atoms with Crippen molar-refractivity contribution in [1.29, 1.82) is 0 Å². The second-order valence-corrected chi connectivity index (χ2v) is 7.52. The number of hydrogen-bond donors (Lipinski definition) is 3. The van der Waals surface area contributed by atoms with Crippen molar-refractivity contribution in [1.82, 2.24) is 10.3 Å². The molecule has 2 atom stereocenters. The molecule has 0 saturated carbocycles. The van der Waals surface area contributed by atoms with Crippen LogP contribution in [-0.4, -0.2) is 45.8 Å². The molecule has 0 saturated heterocycles. The third-order valence-electron chi connectivity index (χ3n) is 4.97. The number of nitrogens with zero attached hydrogens (tertiary/aromatic N) is 3. The van der Waals surface area contributed by atoms with E-state index in [9.17, 15) is 10.1 Å². The van der Waals surface area contributed by atoms with Crippen molar-refractivity contribution in [3.8, 4) is 0 Å². The van der Waals surface area contributed by atoms with Gasteiger partial charge in [0.25, 0.3) is 0 Å². The van der Waals surface area contributed by atoms with E-state index in [1.165, 1.54) is 44.6 Å². The number of anilines is 1. The van der Waals surface area contributed by atoms with E-state index in [2.05, 4.69) is 22.6 Å². The van der Waals surface area contributed by atoms with Crippen LogP contribution in [0, 0.1) is 10.1 Å². The third kappa shape index (κ3) is 7.51. The average molecular weight is 424 g/mol. The Morgan fingerprint density at radius 1 is 1.17 bits per heavy atom. The zero-order chi connectivity index (χ0) is 21.8. The quantitative estimate of drug-likeness (QED) is 0.159. The van der Waals surface area contributed by atoms with Gasteiger partial charge in [0.2, 0.25) is 5.52 Å². The lowest BCUT2D eigenvalue weighted by Gasteiger charge is -2.22. The number of benzene rings is 1. The molecule has 2 aromatic rings. The third-order valence-corrected chi connectivity index (χ3v) is 4.97. The number of ether oxygens (including phenoxy) is 1. The first kappa shape index (κ1) is 24.0. The van der Waals surface area contributed by atoms with E-state index >= 15 is 0 Å². The first-order chi connectivity index (χ1) is 14.6. The predicted molar refractivity (Wildman–Crippen MR) is 114 cm³/mol. The van der Waals surface area contributed by atoms with Crippen molar-refractivity contribution in [2.24, 2.45) is 5.73 Å². The number of fused-ring (bicyclic) bond motifs is 1. The number of nitrogens with two attached hydrogens (primary N) is 1. The Bertz CT molecular complexity index is 769. The maximum atomic E-state index is 11.2. The highest BCUT2D eigenvalue weighted by atomic mass is 16.6. The standard InChI is InChI=1S/C20H33N5O5/c1-2-3-4-5-6-7-8-9-10-18(29-14-15(21)13-26)22-16-11-12-17(25(27)28)20-19(16)23-30-24-20/h11-12,15,18,22,26H,2-10,13-14,21H2,1H3/t15-,18?/m0/s1. The van der Waals surface area contributed by atoms with E-state index in [1.807, 2.05) is 0 Å². The summed E-state index contributed by atoms with van der Waals surface area (Å²) >= 11 is 0. The van der Waals surface area contributed by atoms with Gasteiger partial charge in [0.15, 0.2) is 5.52 Å². The molecule has 0 aliphatic heterocycles. The van der Waals surface area contributed by atoms with Crippen LogP contribution < -0.4 is 11.1 Å². The zero-order valence-electron chi connectivity index (χ0n) is 17.6. The van der Waals surface area contributed by atoms with Crippen molar-refractivity contribution in [2.75, 3.05) is 18.5 Å². The van der Waals surface area contributed by atoms with Crippen LogP contribution in [0.1, 0.15) is 64.7 Å². The van der Waals surface area contributed by atoms with Gasteiger partial charge in [0, 0.05) is 6.07 Å². The summed E-state index contributed by atoms with van der Waals surface area (Å²) in [7, 11) is 0. The molecule has 0 spiro atoms. The van der Waals surface area contributed by atoms with Gasteiger partial charge in [0.05, 0.1) is 29.9 Å². The Morgan fingerprint density at radius 2 is 1.83 bits per heavy atom. The summed E-state index contributed by atoms with van der Waals surface area (Å²) < 4.78 is 10.6. The smallest absolute Gasteiger partial charge is 0.300 e. The minimum absolute atomic E-state index is 0.0860. The first-order valence-corrected chi connectivity index (χ1v) is 10.7. The number of aromatic nitrogens is 2. The summed E-state index contributed by atoms with van der Waals surface area (Å²) in [5.41, 5.74) is 6.50. The van der Waals surface area contributed by atoms with Crippen LogP contribution in [0.15, 0.2) is 16.8 Å². The number of hydrogen-bond acceptors (Lipinski definition) is 9. The molecule has 1 aromatic heterocycles. The normalized spacial score (nSPS) is 13.4. The van der Waals surface area contributed by atoms with E-state index in [1.54, 1.807) is 6.07 Å². The molecular weight excluding hydrogens is 390 g/mol. The summed E-state index contributed by atoms with van der Waals surface area (Å²) in [5, 5.41) is 31.0. The van der Waals surface area contributed by atoms with E-state index in [-0.39, 0.29) is 36.2 Å². The number of nitro groups is 1.